The van der Waals surface area contributed by atoms with Crippen LogP contribution in [-0.2, 0) is 21.4 Å². The third kappa shape index (κ3) is 8.31. The quantitative estimate of drug-likeness (QED) is 0.223. The maximum Gasteiger partial charge on any atom is 0.163 e. The summed E-state index contributed by atoms with van der Waals surface area (Å²) >= 11 is 0. The SMILES string of the molecule is CCC.CCCC(CC1CC(=O)c2c(C)c(C(C)(C)C)cc(-c3ccc4ccccc4c3)c2C1)C(CC)C(=O)CC(C)=O. The van der Waals surface area contributed by atoms with Gasteiger partial charge in [0.2, 0.25) is 0 Å². The van der Waals surface area contributed by atoms with Crippen LogP contribution in [0.4, 0.5) is 0 Å². The monoisotopic (exact) mass is 582 g/mol. The van der Waals surface area contributed by atoms with Crippen LogP contribution in [0.5, 0.6) is 0 Å². The molecule has 232 valence electrons. The molecule has 3 aromatic rings. The van der Waals surface area contributed by atoms with Crippen LogP contribution in [0.2, 0.25) is 0 Å². The molecule has 4 rings (SSSR count). The predicted molar refractivity (Wildman–Crippen MR) is 182 cm³/mol. The highest BCUT2D eigenvalue weighted by molar-refractivity contribution is 6.03. The van der Waals surface area contributed by atoms with E-state index in [2.05, 4.69) is 104 Å². The second kappa shape index (κ2) is 15.1. The minimum atomic E-state index is -0.120. The number of rotatable bonds is 10. The van der Waals surface area contributed by atoms with Crippen molar-refractivity contribution in [3.05, 3.63) is 70.8 Å². The minimum absolute atomic E-state index is 0.0199. The maximum atomic E-state index is 13.9. The predicted octanol–water partition coefficient (Wildman–Crippen LogP) is 10.7. The Morgan fingerprint density at radius 2 is 1.58 bits per heavy atom. The molecule has 3 heteroatoms. The van der Waals surface area contributed by atoms with Crippen molar-refractivity contribution in [3.63, 3.8) is 0 Å². The highest BCUT2D eigenvalue weighted by Crippen LogP contribution is 2.43. The summed E-state index contributed by atoms with van der Waals surface area (Å²) in [5, 5.41) is 2.41. The van der Waals surface area contributed by atoms with Crippen LogP contribution in [0.25, 0.3) is 21.9 Å². The van der Waals surface area contributed by atoms with Crippen LogP contribution in [0.15, 0.2) is 48.5 Å². The zero-order chi connectivity index (χ0) is 31.9. The van der Waals surface area contributed by atoms with Crippen molar-refractivity contribution in [3.8, 4) is 11.1 Å². The molecule has 0 N–H and O–H groups in total. The van der Waals surface area contributed by atoms with Gasteiger partial charge in [-0.05, 0) is 95.0 Å². The van der Waals surface area contributed by atoms with Crippen molar-refractivity contribution < 1.29 is 14.4 Å². The Kier molecular flexibility index (Phi) is 12.1. The summed E-state index contributed by atoms with van der Waals surface area (Å²) in [6, 6.07) is 17.4. The van der Waals surface area contributed by atoms with Crippen LogP contribution < -0.4 is 0 Å². The van der Waals surface area contributed by atoms with Crippen LogP contribution >= 0.6 is 0 Å². The maximum absolute atomic E-state index is 13.9. The average Bonchev–Trinajstić information content (AvgIpc) is 2.92. The number of carbonyl (C=O) groups is 3. The summed E-state index contributed by atoms with van der Waals surface area (Å²) in [4.78, 5) is 38.7. The van der Waals surface area contributed by atoms with Crippen molar-refractivity contribution in [2.75, 3.05) is 0 Å². The van der Waals surface area contributed by atoms with Gasteiger partial charge in [0, 0.05) is 17.9 Å². The Hall–Kier alpha value is -3.07. The first-order valence-corrected chi connectivity index (χ1v) is 16.6. The van der Waals surface area contributed by atoms with Gasteiger partial charge < -0.3 is 0 Å². The van der Waals surface area contributed by atoms with E-state index >= 15 is 0 Å². The molecule has 0 radical (unpaired) electrons. The summed E-state index contributed by atoms with van der Waals surface area (Å²) in [5.41, 5.74) is 6.66. The zero-order valence-corrected chi connectivity index (χ0v) is 28.2. The lowest BCUT2D eigenvalue weighted by Crippen LogP contribution is -2.30. The number of hydrogen-bond donors (Lipinski definition) is 0. The van der Waals surface area contributed by atoms with Crippen LogP contribution in [0.3, 0.4) is 0 Å². The molecule has 3 nitrogen and oxygen atoms in total. The van der Waals surface area contributed by atoms with E-state index in [0.717, 1.165) is 48.8 Å². The molecular weight excluding hydrogens is 528 g/mol. The lowest BCUT2D eigenvalue weighted by molar-refractivity contribution is -0.129. The number of hydrogen-bond acceptors (Lipinski definition) is 3. The molecule has 0 heterocycles. The first-order chi connectivity index (χ1) is 20.4. The molecular formula is C40H54O3. The van der Waals surface area contributed by atoms with Crippen LogP contribution in [0, 0.1) is 24.7 Å². The van der Waals surface area contributed by atoms with E-state index in [0.29, 0.717) is 6.42 Å². The highest BCUT2D eigenvalue weighted by Gasteiger charge is 2.35. The lowest BCUT2D eigenvalue weighted by atomic mass is 9.69. The fourth-order valence-electron chi connectivity index (χ4n) is 7.19. The average molecular weight is 583 g/mol. The van der Waals surface area contributed by atoms with Gasteiger partial charge in [-0.2, -0.15) is 0 Å². The van der Waals surface area contributed by atoms with Gasteiger partial charge in [-0.25, -0.2) is 0 Å². The molecule has 3 aromatic carbocycles. The van der Waals surface area contributed by atoms with Crippen LogP contribution in [-0.4, -0.2) is 17.3 Å². The first kappa shape index (κ1) is 34.4. The van der Waals surface area contributed by atoms with Crippen molar-refractivity contribution in [2.45, 2.75) is 119 Å². The number of ketones is 3. The van der Waals surface area contributed by atoms with Gasteiger partial charge in [0.1, 0.15) is 11.6 Å². The van der Waals surface area contributed by atoms with Gasteiger partial charge in [-0.1, -0.05) is 110 Å². The molecule has 3 unspecified atom stereocenters. The second-order valence-corrected chi connectivity index (χ2v) is 13.8. The molecule has 0 saturated heterocycles. The van der Waals surface area contributed by atoms with E-state index in [9.17, 15) is 14.4 Å². The van der Waals surface area contributed by atoms with Crippen molar-refractivity contribution in [1.29, 1.82) is 0 Å². The normalized spacial score (nSPS) is 16.2. The zero-order valence-electron chi connectivity index (χ0n) is 28.2. The van der Waals surface area contributed by atoms with E-state index in [-0.39, 0.29) is 46.9 Å². The number of carbonyl (C=O) groups excluding carboxylic acids is 3. The number of fused-ring (bicyclic) bond motifs is 2. The van der Waals surface area contributed by atoms with Gasteiger partial charge in [-0.3, -0.25) is 14.4 Å². The summed E-state index contributed by atoms with van der Waals surface area (Å²) < 4.78 is 0. The number of Topliss-reactive ketones (excluding diaryl/α,β-unsaturated/α-hetero) is 3. The molecule has 0 amide bonds. The topological polar surface area (TPSA) is 51.2 Å². The molecule has 1 aliphatic carbocycles. The molecule has 43 heavy (non-hydrogen) atoms. The van der Waals surface area contributed by atoms with Gasteiger partial charge in [0.15, 0.2) is 5.78 Å². The number of benzene rings is 3. The molecule has 0 saturated carbocycles. The summed E-state index contributed by atoms with van der Waals surface area (Å²) in [6.45, 7) is 18.8. The van der Waals surface area contributed by atoms with Crippen molar-refractivity contribution in [2.24, 2.45) is 17.8 Å². The van der Waals surface area contributed by atoms with Gasteiger partial charge >= 0.3 is 0 Å². The van der Waals surface area contributed by atoms with Crippen molar-refractivity contribution >= 4 is 28.1 Å². The highest BCUT2D eigenvalue weighted by atomic mass is 16.1. The lowest BCUT2D eigenvalue weighted by Gasteiger charge is -2.34. The van der Waals surface area contributed by atoms with E-state index in [1.54, 1.807) is 0 Å². The Morgan fingerprint density at radius 1 is 0.930 bits per heavy atom. The van der Waals surface area contributed by atoms with E-state index < -0.39 is 0 Å². The first-order valence-electron chi connectivity index (χ1n) is 16.6. The summed E-state index contributed by atoms with van der Waals surface area (Å²) in [5.74, 6) is 0.500. The molecule has 3 atom stereocenters. The molecule has 0 aromatic heterocycles. The molecule has 1 aliphatic rings. The summed E-state index contributed by atoms with van der Waals surface area (Å²) in [7, 11) is 0. The molecule has 0 spiro atoms. The van der Waals surface area contributed by atoms with Gasteiger partial charge in [0.25, 0.3) is 0 Å². The van der Waals surface area contributed by atoms with Crippen molar-refractivity contribution in [1.82, 2.24) is 0 Å². The van der Waals surface area contributed by atoms with E-state index in [1.165, 1.54) is 40.8 Å². The van der Waals surface area contributed by atoms with Gasteiger partial charge in [0.05, 0.1) is 6.42 Å². The molecule has 0 aliphatic heterocycles. The fraction of sp³-hybridized carbons (Fsp3) is 0.525. The second-order valence-electron chi connectivity index (χ2n) is 13.8. The standard InChI is InChI=1S/C37H46O3.C3H8/c1-8-12-28(30(9-2)34(39)17-23(3)38)18-25-19-32-31(29-16-15-26-13-10-11-14-27(26)21-29)22-33(37(5,6)7)24(4)36(32)35(40)20-25;1-3-2/h10-11,13-16,21-22,25,28,30H,8-9,12,17-20H2,1-7H3;3H2,1-2H3. The minimum Gasteiger partial charge on any atom is -0.300 e. The smallest absolute Gasteiger partial charge is 0.163 e. The third-order valence-corrected chi connectivity index (χ3v) is 8.95. The van der Waals surface area contributed by atoms with E-state index in [4.69, 9.17) is 0 Å². The van der Waals surface area contributed by atoms with Crippen LogP contribution in [0.1, 0.15) is 127 Å². The largest absolute Gasteiger partial charge is 0.300 e. The Balaban J connectivity index is 0.00000162. The molecule has 0 fully saturated rings. The Morgan fingerprint density at radius 3 is 2.16 bits per heavy atom. The van der Waals surface area contributed by atoms with Gasteiger partial charge in [-0.15, -0.1) is 0 Å². The van der Waals surface area contributed by atoms with E-state index in [1.807, 2.05) is 0 Å². The Labute approximate surface area is 260 Å². The molecule has 0 bridgehead atoms. The third-order valence-electron chi connectivity index (χ3n) is 8.95. The fourth-order valence-corrected chi connectivity index (χ4v) is 7.19. The Bertz CT molecular complexity index is 1440. The summed E-state index contributed by atoms with van der Waals surface area (Å²) in [6.07, 6.45) is 6.15.